The number of aliphatic carboxylic acids is 1. The van der Waals surface area contributed by atoms with E-state index in [1.807, 2.05) is 61.5 Å². The number of rotatable bonds is 6. The molecule has 0 aliphatic carbocycles. The van der Waals surface area contributed by atoms with E-state index in [0.29, 0.717) is 12.2 Å². The first kappa shape index (κ1) is 16.2. The van der Waals surface area contributed by atoms with Gasteiger partial charge in [-0.05, 0) is 36.8 Å². The van der Waals surface area contributed by atoms with Gasteiger partial charge in [0.15, 0.2) is 0 Å². The number of fused-ring (bicyclic) bond motifs is 1. The first-order chi connectivity index (χ1) is 11.7. The number of nitrogens with zero attached hydrogens (tertiary/aromatic N) is 1. The van der Waals surface area contributed by atoms with Gasteiger partial charge in [0.2, 0.25) is 0 Å². The zero-order valence-corrected chi connectivity index (χ0v) is 14.0. The highest BCUT2D eigenvalue weighted by Crippen LogP contribution is 2.32. The van der Waals surface area contributed by atoms with Gasteiger partial charge in [-0.2, -0.15) is 0 Å². The second kappa shape index (κ2) is 7.27. The van der Waals surface area contributed by atoms with Crippen molar-refractivity contribution in [2.75, 3.05) is 6.61 Å². The van der Waals surface area contributed by atoms with E-state index < -0.39 is 5.97 Å². The van der Waals surface area contributed by atoms with Gasteiger partial charge in [0, 0.05) is 5.56 Å². The van der Waals surface area contributed by atoms with Crippen molar-refractivity contribution in [3.8, 4) is 5.75 Å². The number of carbonyl (C=O) groups is 1. The molecule has 5 heteroatoms. The third-order valence-corrected chi connectivity index (χ3v) is 4.57. The third-order valence-electron chi connectivity index (χ3n) is 3.46. The zero-order chi connectivity index (χ0) is 16.9. The maximum atomic E-state index is 11.3. The van der Waals surface area contributed by atoms with Crippen LogP contribution in [0.5, 0.6) is 5.75 Å². The summed E-state index contributed by atoms with van der Waals surface area (Å²) in [6.45, 7) is 2.48. The number of benzene rings is 2. The molecule has 0 aliphatic rings. The Morgan fingerprint density at radius 2 is 1.96 bits per heavy atom. The summed E-state index contributed by atoms with van der Waals surface area (Å²) in [5.41, 5.74) is 2.41. The van der Waals surface area contributed by atoms with E-state index in [1.165, 1.54) is 11.3 Å². The maximum Gasteiger partial charge on any atom is 0.307 e. The van der Waals surface area contributed by atoms with Crippen molar-refractivity contribution >= 4 is 39.2 Å². The lowest BCUT2D eigenvalue weighted by atomic mass is 10.1. The molecular weight excluding hydrogens is 322 g/mol. The second-order valence-electron chi connectivity index (χ2n) is 5.20. The highest BCUT2D eigenvalue weighted by molar-refractivity contribution is 7.19. The van der Waals surface area contributed by atoms with E-state index in [2.05, 4.69) is 4.98 Å². The van der Waals surface area contributed by atoms with Crippen molar-refractivity contribution in [2.45, 2.75) is 13.3 Å². The molecule has 24 heavy (non-hydrogen) atoms. The summed E-state index contributed by atoms with van der Waals surface area (Å²) in [5, 5.41) is 10.0. The molecule has 0 amide bonds. The molecule has 1 heterocycles. The normalized spacial score (nSPS) is 11.6. The number of aromatic nitrogens is 1. The van der Waals surface area contributed by atoms with Crippen LogP contribution in [0.2, 0.25) is 0 Å². The number of hydrogen-bond donors (Lipinski definition) is 1. The van der Waals surface area contributed by atoms with Crippen LogP contribution in [0.3, 0.4) is 0 Å². The Bertz CT molecular complexity index is 865. The lowest BCUT2D eigenvalue weighted by molar-refractivity contribution is -0.135. The van der Waals surface area contributed by atoms with Crippen LogP contribution in [0.25, 0.3) is 21.9 Å². The molecule has 122 valence electrons. The van der Waals surface area contributed by atoms with Gasteiger partial charge >= 0.3 is 5.97 Å². The molecule has 1 aromatic heterocycles. The van der Waals surface area contributed by atoms with Gasteiger partial charge in [-0.15, -0.1) is 11.3 Å². The number of hydrogen-bond acceptors (Lipinski definition) is 4. The Balaban J connectivity index is 2.07. The molecule has 0 saturated heterocycles. The van der Waals surface area contributed by atoms with Crippen molar-refractivity contribution in [2.24, 2.45) is 0 Å². The predicted molar refractivity (Wildman–Crippen MR) is 97.4 cm³/mol. The SMILES string of the molecule is CCOc1ccccc1/C=C(\CC(=O)O)c1nc2ccccc2s1. The van der Waals surface area contributed by atoms with Crippen LogP contribution in [-0.2, 0) is 4.79 Å². The summed E-state index contributed by atoms with van der Waals surface area (Å²) < 4.78 is 6.67. The van der Waals surface area contributed by atoms with Crippen LogP contribution in [0, 0.1) is 0 Å². The fourth-order valence-electron chi connectivity index (χ4n) is 2.44. The minimum atomic E-state index is -0.880. The Morgan fingerprint density at radius 1 is 1.21 bits per heavy atom. The van der Waals surface area contributed by atoms with Gasteiger partial charge in [0.1, 0.15) is 10.8 Å². The monoisotopic (exact) mass is 339 g/mol. The zero-order valence-electron chi connectivity index (χ0n) is 13.2. The van der Waals surface area contributed by atoms with Gasteiger partial charge in [0.05, 0.1) is 23.2 Å². The van der Waals surface area contributed by atoms with E-state index in [9.17, 15) is 9.90 Å². The average molecular weight is 339 g/mol. The largest absolute Gasteiger partial charge is 0.493 e. The summed E-state index contributed by atoms with van der Waals surface area (Å²) in [7, 11) is 0. The average Bonchev–Trinajstić information content (AvgIpc) is 3.00. The summed E-state index contributed by atoms with van der Waals surface area (Å²) in [6.07, 6.45) is 1.77. The molecule has 0 spiro atoms. The van der Waals surface area contributed by atoms with Crippen molar-refractivity contribution in [3.05, 3.63) is 59.1 Å². The van der Waals surface area contributed by atoms with Gasteiger partial charge in [-0.3, -0.25) is 4.79 Å². The van der Waals surface area contributed by atoms with E-state index in [-0.39, 0.29) is 6.42 Å². The number of carboxylic acid groups (broad SMARTS) is 1. The fraction of sp³-hybridized carbons (Fsp3) is 0.158. The van der Waals surface area contributed by atoms with Crippen LogP contribution >= 0.6 is 11.3 Å². The molecule has 3 aromatic rings. The van der Waals surface area contributed by atoms with E-state index in [0.717, 1.165) is 26.5 Å². The molecule has 2 aromatic carbocycles. The topological polar surface area (TPSA) is 59.4 Å². The molecule has 0 aliphatic heterocycles. The number of thiazole rings is 1. The summed E-state index contributed by atoms with van der Waals surface area (Å²) in [4.78, 5) is 15.9. The second-order valence-corrected chi connectivity index (χ2v) is 6.23. The van der Waals surface area contributed by atoms with Crippen LogP contribution in [-0.4, -0.2) is 22.7 Å². The van der Waals surface area contributed by atoms with Gasteiger partial charge in [-0.1, -0.05) is 30.3 Å². The van der Waals surface area contributed by atoms with Crippen molar-refractivity contribution < 1.29 is 14.6 Å². The van der Waals surface area contributed by atoms with Gasteiger partial charge in [0.25, 0.3) is 0 Å². The predicted octanol–water partition coefficient (Wildman–Crippen LogP) is 4.71. The molecule has 0 saturated carbocycles. The third kappa shape index (κ3) is 3.63. The smallest absolute Gasteiger partial charge is 0.307 e. The first-order valence-corrected chi connectivity index (χ1v) is 8.49. The molecule has 1 N–H and O–H groups in total. The number of carboxylic acids is 1. The first-order valence-electron chi connectivity index (χ1n) is 7.67. The molecule has 0 bridgehead atoms. The van der Waals surface area contributed by atoms with Crippen LogP contribution in [0.15, 0.2) is 48.5 Å². The summed E-state index contributed by atoms with van der Waals surface area (Å²) in [5.74, 6) is -0.140. The van der Waals surface area contributed by atoms with Crippen LogP contribution in [0.1, 0.15) is 23.9 Å². The Morgan fingerprint density at radius 3 is 2.71 bits per heavy atom. The lowest BCUT2D eigenvalue weighted by Crippen LogP contribution is -1.98. The number of ether oxygens (including phenoxy) is 1. The summed E-state index contributed by atoms with van der Waals surface area (Å²) in [6, 6.07) is 15.4. The molecule has 0 atom stereocenters. The van der Waals surface area contributed by atoms with E-state index in [4.69, 9.17) is 4.74 Å². The molecular formula is C19H17NO3S. The fourth-order valence-corrected chi connectivity index (χ4v) is 3.41. The van der Waals surface area contributed by atoms with Crippen LogP contribution < -0.4 is 4.74 Å². The minimum Gasteiger partial charge on any atom is -0.493 e. The standard InChI is InChI=1S/C19H17NO3S/c1-2-23-16-9-5-3-7-13(16)11-14(12-18(21)22)19-20-15-8-4-6-10-17(15)24-19/h3-11H,2,12H2,1H3,(H,21,22)/b14-11+. The van der Waals surface area contributed by atoms with Gasteiger partial charge < -0.3 is 9.84 Å². The van der Waals surface area contributed by atoms with E-state index >= 15 is 0 Å². The van der Waals surface area contributed by atoms with Crippen LogP contribution in [0.4, 0.5) is 0 Å². The summed E-state index contributed by atoms with van der Waals surface area (Å²) >= 11 is 1.50. The van der Waals surface area contributed by atoms with Crippen molar-refractivity contribution in [1.82, 2.24) is 4.98 Å². The highest BCUT2D eigenvalue weighted by atomic mass is 32.1. The molecule has 0 fully saturated rings. The molecule has 3 rings (SSSR count). The van der Waals surface area contributed by atoms with Crippen molar-refractivity contribution in [1.29, 1.82) is 0 Å². The number of para-hydroxylation sites is 2. The Hall–Kier alpha value is -2.66. The Labute approximate surface area is 144 Å². The highest BCUT2D eigenvalue weighted by Gasteiger charge is 2.13. The van der Waals surface area contributed by atoms with Crippen molar-refractivity contribution in [3.63, 3.8) is 0 Å². The van der Waals surface area contributed by atoms with E-state index in [1.54, 1.807) is 0 Å². The molecule has 0 unspecified atom stereocenters. The lowest BCUT2D eigenvalue weighted by Gasteiger charge is -2.08. The molecule has 0 radical (unpaired) electrons. The quantitative estimate of drug-likeness (QED) is 0.706. The molecule has 4 nitrogen and oxygen atoms in total. The maximum absolute atomic E-state index is 11.3. The Kier molecular flexibility index (Phi) is 4.91. The minimum absolute atomic E-state index is 0.0831. The van der Waals surface area contributed by atoms with Gasteiger partial charge in [-0.25, -0.2) is 4.98 Å².